The molecule has 3 N–H and O–H groups in total. The second-order valence-corrected chi connectivity index (χ2v) is 4.99. The van der Waals surface area contributed by atoms with Crippen molar-refractivity contribution >= 4 is 17.5 Å². The highest BCUT2D eigenvalue weighted by Crippen LogP contribution is 2.18. The Morgan fingerprint density at radius 2 is 2.20 bits per heavy atom. The zero-order chi connectivity index (χ0) is 14.4. The number of aromatic nitrogens is 2. The number of carbonyl (C=O) groups excluding carboxylic acids is 2. The van der Waals surface area contributed by atoms with E-state index < -0.39 is 0 Å². The third-order valence-electron chi connectivity index (χ3n) is 2.88. The molecular weight excluding hydrogens is 258 g/mol. The number of rotatable bonds is 8. The standard InChI is InChI=1S/C13H21N5O2/c1-2-5-14-7-12(19)17-11-6-15-18(8-11)9-13(20)16-10-3-4-10/h6,8,10,14H,2-5,7,9H2,1H3,(H,16,20)(H,17,19). The normalized spacial score (nSPS) is 14.1. The number of nitrogens with one attached hydrogen (secondary N) is 3. The van der Waals surface area contributed by atoms with Gasteiger partial charge in [0, 0.05) is 12.2 Å². The predicted molar refractivity (Wildman–Crippen MR) is 75.2 cm³/mol. The van der Waals surface area contributed by atoms with Crippen LogP contribution in [-0.2, 0) is 16.1 Å². The monoisotopic (exact) mass is 279 g/mol. The number of hydrogen-bond donors (Lipinski definition) is 3. The van der Waals surface area contributed by atoms with Crippen LogP contribution in [0.3, 0.4) is 0 Å². The molecule has 1 fully saturated rings. The molecule has 0 unspecified atom stereocenters. The number of anilines is 1. The summed E-state index contributed by atoms with van der Waals surface area (Å²) in [5, 5.41) is 12.7. The predicted octanol–water partition coefficient (Wildman–Crippen LogP) is 0.0998. The van der Waals surface area contributed by atoms with Crippen LogP contribution in [0.4, 0.5) is 5.69 Å². The van der Waals surface area contributed by atoms with Gasteiger partial charge in [-0.25, -0.2) is 0 Å². The van der Waals surface area contributed by atoms with Gasteiger partial charge >= 0.3 is 0 Å². The molecule has 0 aromatic carbocycles. The van der Waals surface area contributed by atoms with Crippen LogP contribution in [0.25, 0.3) is 0 Å². The van der Waals surface area contributed by atoms with Crippen molar-refractivity contribution in [2.24, 2.45) is 0 Å². The van der Waals surface area contributed by atoms with E-state index in [1.807, 2.05) is 6.92 Å². The Labute approximate surface area is 118 Å². The van der Waals surface area contributed by atoms with E-state index in [0.717, 1.165) is 25.8 Å². The van der Waals surface area contributed by atoms with Gasteiger partial charge in [0.2, 0.25) is 11.8 Å². The molecule has 110 valence electrons. The minimum atomic E-state index is -0.111. The third kappa shape index (κ3) is 5.00. The minimum absolute atomic E-state index is 0.0434. The van der Waals surface area contributed by atoms with Crippen LogP contribution >= 0.6 is 0 Å². The third-order valence-corrected chi connectivity index (χ3v) is 2.88. The SMILES string of the molecule is CCCNCC(=O)Nc1cnn(CC(=O)NC2CC2)c1. The summed E-state index contributed by atoms with van der Waals surface area (Å²) in [5.74, 6) is -0.154. The summed E-state index contributed by atoms with van der Waals surface area (Å²) < 4.78 is 1.52. The maximum absolute atomic E-state index is 11.6. The van der Waals surface area contributed by atoms with Crippen molar-refractivity contribution in [3.05, 3.63) is 12.4 Å². The molecule has 1 aliphatic rings. The summed E-state index contributed by atoms with van der Waals surface area (Å²) in [5.41, 5.74) is 0.604. The van der Waals surface area contributed by atoms with Gasteiger partial charge in [0.05, 0.1) is 18.4 Å². The number of carbonyl (C=O) groups is 2. The molecule has 1 aromatic heterocycles. The van der Waals surface area contributed by atoms with Crippen molar-refractivity contribution in [2.75, 3.05) is 18.4 Å². The van der Waals surface area contributed by atoms with Gasteiger partial charge in [0.1, 0.15) is 6.54 Å². The zero-order valence-electron chi connectivity index (χ0n) is 11.7. The molecule has 2 amide bonds. The summed E-state index contributed by atoms with van der Waals surface area (Å²) in [6.45, 7) is 3.32. The molecule has 0 atom stereocenters. The van der Waals surface area contributed by atoms with E-state index >= 15 is 0 Å². The van der Waals surface area contributed by atoms with Gasteiger partial charge in [-0.2, -0.15) is 5.10 Å². The van der Waals surface area contributed by atoms with Gasteiger partial charge in [-0.05, 0) is 25.8 Å². The van der Waals surface area contributed by atoms with E-state index in [1.165, 1.54) is 4.68 Å². The molecule has 0 bridgehead atoms. The van der Waals surface area contributed by atoms with Crippen molar-refractivity contribution in [2.45, 2.75) is 38.8 Å². The van der Waals surface area contributed by atoms with Gasteiger partial charge in [0.25, 0.3) is 0 Å². The molecular formula is C13H21N5O2. The number of hydrogen-bond acceptors (Lipinski definition) is 4. The average Bonchev–Trinajstić information content (AvgIpc) is 3.10. The maximum Gasteiger partial charge on any atom is 0.241 e. The smallest absolute Gasteiger partial charge is 0.241 e. The molecule has 1 saturated carbocycles. The van der Waals surface area contributed by atoms with E-state index in [-0.39, 0.29) is 24.9 Å². The lowest BCUT2D eigenvalue weighted by Gasteiger charge is -2.04. The molecule has 0 radical (unpaired) electrons. The van der Waals surface area contributed by atoms with Crippen LogP contribution in [0.15, 0.2) is 12.4 Å². The maximum atomic E-state index is 11.6. The lowest BCUT2D eigenvalue weighted by atomic mass is 10.4. The quantitative estimate of drug-likeness (QED) is 0.589. The first kappa shape index (κ1) is 14.5. The molecule has 1 heterocycles. The van der Waals surface area contributed by atoms with Crippen LogP contribution in [0.5, 0.6) is 0 Å². The molecule has 7 heteroatoms. The van der Waals surface area contributed by atoms with Crippen LogP contribution < -0.4 is 16.0 Å². The average molecular weight is 279 g/mol. The molecule has 0 saturated heterocycles. The first-order valence-corrected chi connectivity index (χ1v) is 6.99. The summed E-state index contributed by atoms with van der Waals surface area (Å²) in [6.07, 6.45) is 6.32. The molecule has 7 nitrogen and oxygen atoms in total. The van der Waals surface area contributed by atoms with Crippen molar-refractivity contribution in [1.82, 2.24) is 20.4 Å². The molecule has 1 aliphatic carbocycles. The lowest BCUT2D eigenvalue weighted by molar-refractivity contribution is -0.122. The number of nitrogens with zero attached hydrogens (tertiary/aromatic N) is 2. The summed E-state index contributed by atoms with van der Waals surface area (Å²) in [4.78, 5) is 23.2. The van der Waals surface area contributed by atoms with Crippen molar-refractivity contribution in [1.29, 1.82) is 0 Å². The van der Waals surface area contributed by atoms with Crippen LogP contribution in [0.1, 0.15) is 26.2 Å². The largest absolute Gasteiger partial charge is 0.352 e. The molecule has 0 aliphatic heterocycles. The highest BCUT2D eigenvalue weighted by molar-refractivity contribution is 5.92. The van der Waals surface area contributed by atoms with Crippen molar-refractivity contribution in [3.8, 4) is 0 Å². The fourth-order valence-electron chi connectivity index (χ4n) is 1.75. The Kier molecular flexibility index (Phi) is 5.11. The van der Waals surface area contributed by atoms with E-state index in [4.69, 9.17) is 0 Å². The highest BCUT2D eigenvalue weighted by Gasteiger charge is 2.23. The van der Waals surface area contributed by atoms with Crippen molar-refractivity contribution < 1.29 is 9.59 Å². The summed E-state index contributed by atoms with van der Waals surface area (Å²) in [7, 11) is 0. The zero-order valence-corrected chi connectivity index (χ0v) is 11.7. The van der Waals surface area contributed by atoms with Gasteiger partial charge < -0.3 is 16.0 Å². The fraction of sp³-hybridized carbons (Fsp3) is 0.615. The van der Waals surface area contributed by atoms with Gasteiger partial charge in [-0.15, -0.1) is 0 Å². The van der Waals surface area contributed by atoms with Gasteiger partial charge in [-0.3, -0.25) is 14.3 Å². The summed E-state index contributed by atoms with van der Waals surface area (Å²) >= 11 is 0. The highest BCUT2D eigenvalue weighted by atomic mass is 16.2. The van der Waals surface area contributed by atoms with Crippen LogP contribution in [-0.4, -0.2) is 40.7 Å². The fourth-order valence-corrected chi connectivity index (χ4v) is 1.75. The van der Waals surface area contributed by atoms with E-state index in [2.05, 4.69) is 21.0 Å². The molecule has 1 aromatic rings. The molecule has 2 rings (SSSR count). The second kappa shape index (κ2) is 7.04. The lowest BCUT2D eigenvalue weighted by Crippen LogP contribution is -2.29. The molecule has 20 heavy (non-hydrogen) atoms. The van der Waals surface area contributed by atoms with Gasteiger partial charge in [0.15, 0.2) is 0 Å². The van der Waals surface area contributed by atoms with E-state index in [1.54, 1.807) is 12.4 Å². The van der Waals surface area contributed by atoms with E-state index in [9.17, 15) is 9.59 Å². The first-order valence-electron chi connectivity index (χ1n) is 6.99. The molecule has 0 spiro atoms. The Balaban J connectivity index is 1.73. The van der Waals surface area contributed by atoms with Crippen LogP contribution in [0.2, 0.25) is 0 Å². The topological polar surface area (TPSA) is 88.1 Å². The van der Waals surface area contributed by atoms with Gasteiger partial charge in [-0.1, -0.05) is 6.92 Å². The first-order chi connectivity index (χ1) is 9.67. The van der Waals surface area contributed by atoms with Crippen molar-refractivity contribution in [3.63, 3.8) is 0 Å². The Morgan fingerprint density at radius 3 is 2.90 bits per heavy atom. The summed E-state index contributed by atoms with van der Waals surface area (Å²) in [6, 6.07) is 0.349. The minimum Gasteiger partial charge on any atom is -0.352 e. The second-order valence-electron chi connectivity index (χ2n) is 4.99. The number of amides is 2. The Bertz CT molecular complexity index is 467. The van der Waals surface area contributed by atoms with E-state index in [0.29, 0.717) is 11.7 Å². The Hall–Kier alpha value is -1.89. The Morgan fingerprint density at radius 1 is 1.40 bits per heavy atom. The van der Waals surface area contributed by atoms with Crippen LogP contribution in [0, 0.1) is 0 Å².